The Morgan fingerprint density at radius 2 is 1.88 bits per heavy atom. The molecule has 25 heavy (non-hydrogen) atoms. The topological polar surface area (TPSA) is 47.9 Å². The third-order valence-electron chi connectivity index (χ3n) is 4.71. The summed E-state index contributed by atoms with van der Waals surface area (Å²) in [5, 5.41) is 8.22. The van der Waals surface area contributed by atoms with Crippen molar-refractivity contribution in [2.75, 3.05) is 0 Å². The molecule has 4 nitrogen and oxygen atoms in total. The third kappa shape index (κ3) is 3.12. The standard InChI is InChI=1S/C21H21N3O/c1-13-11-17(25-21-19(16-6-7-16)5-4-10-22-21)8-9-18(13)20-14(2)12-23-24-15(20)3/h4-5,8-12,16H,6-7H2,1-3H3. The van der Waals surface area contributed by atoms with E-state index in [2.05, 4.69) is 47.2 Å². The molecule has 0 unspecified atom stereocenters. The van der Waals surface area contributed by atoms with E-state index in [4.69, 9.17) is 4.74 Å². The van der Waals surface area contributed by atoms with E-state index in [9.17, 15) is 0 Å². The number of hydrogen-bond acceptors (Lipinski definition) is 4. The molecule has 0 saturated heterocycles. The number of nitrogens with zero attached hydrogens (tertiary/aromatic N) is 3. The lowest BCUT2D eigenvalue weighted by Crippen LogP contribution is -1.97. The van der Waals surface area contributed by atoms with Crippen LogP contribution in [0.4, 0.5) is 0 Å². The summed E-state index contributed by atoms with van der Waals surface area (Å²) in [6.07, 6.45) is 6.06. The van der Waals surface area contributed by atoms with Crippen molar-refractivity contribution in [1.82, 2.24) is 15.2 Å². The van der Waals surface area contributed by atoms with E-state index in [0.717, 1.165) is 34.0 Å². The number of aromatic nitrogens is 3. The van der Waals surface area contributed by atoms with Crippen LogP contribution in [-0.2, 0) is 0 Å². The number of hydrogen-bond donors (Lipinski definition) is 0. The van der Waals surface area contributed by atoms with E-state index in [1.165, 1.54) is 24.0 Å². The van der Waals surface area contributed by atoms with E-state index in [1.54, 1.807) is 6.20 Å². The van der Waals surface area contributed by atoms with Gasteiger partial charge in [0.25, 0.3) is 0 Å². The molecule has 2 aromatic heterocycles. The molecular weight excluding hydrogens is 310 g/mol. The molecule has 0 aliphatic heterocycles. The average Bonchev–Trinajstić information content (AvgIpc) is 3.42. The quantitative estimate of drug-likeness (QED) is 0.664. The summed E-state index contributed by atoms with van der Waals surface area (Å²) < 4.78 is 6.10. The van der Waals surface area contributed by atoms with Gasteiger partial charge in [-0.1, -0.05) is 12.1 Å². The summed E-state index contributed by atoms with van der Waals surface area (Å²) in [4.78, 5) is 4.43. The number of ether oxygens (including phenoxy) is 1. The van der Waals surface area contributed by atoms with Gasteiger partial charge < -0.3 is 4.74 Å². The minimum absolute atomic E-state index is 0.609. The van der Waals surface area contributed by atoms with Crippen LogP contribution in [0.5, 0.6) is 11.6 Å². The largest absolute Gasteiger partial charge is 0.439 e. The van der Waals surface area contributed by atoms with Gasteiger partial charge in [-0.2, -0.15) is 10.2 Å². The Kier molecular flexibility index (Phi) is 3.96. The van der Waals surface area contributed by atoms with Crippen LogP contribution in [0.1, 0.15) is 41.1 Å². The minimum Gasteiger partial charge on any atom is -0.439 e. The Morgan fingerprint density at radius 1 is 1.04 bits per heavy atom. The van der Waals surface area contributed by atoms with Crippen molar-refractivity contribution in [3.05, 3.63) is 65.1 Å². The minimum atomic E-state index is 0.609. The first-order chi connectivity index (χ1) is 12.1. The molecule has 4 heteroatoms. The van der Waals surface area contributed by atoms with Crippen LogP contribution in [0.2, 0.25) is 0 Å². The van der Waals surface area contributed by atoms with Crippen molar-refractivity contribution in [2.45, 2.75) is 39.5 Å². The van der Waals surface area contributed by atoms with Crippen LogP contribution in [-0.4, -0.2) is 15.2 Å². The lowest BCUT2D eigenvalue weighted by Gasteiger charge is -2.14. The van der Waals surface area contributed by atoms with E-state index in [1.807, 2.05) is 25.3 Å². The molecule has 4 rings (SSSR count). The van der Waals surface area contributed by atoms with Crippen LogP contribution >= 0.6 is 0 Å². The highest BCUT2D eigenvalue weighted by Crippen LogP contribution is 2.44. The fraction of sp³-hybridized carbons (Fsp3) is 0.286. The molecule has 0 amide bonds. The molecule has 0 spiro atoms. The lowest BCUT2D eigenvalue weighted by atomic mass is 9.96. The number of aryl methyl sites for hydroxylation is 3. The first-order valence-corrected chi connectivity index (χ1v) is 8.66. The maximum atomic E-state index is 6.10. The van der Waals surface area contributed by atoms with Crippen molar-refractivity contribution < 1.29 is 4.74 Å². The van der Waals surface area contributed by atoms with Gasteiger partial charge in [0.1, 0.15) is 5.75 Å². The summed E-state index contributed by atoms with van der Waals surface area (Å²) in [7, 11) is 0. The summed E-state index contributed by atoms with van der Waals surface area (Å²) in [6, 6.07) is 10.3. The van der Waals surface area contributed by atoms with Crippen molar-refractivity contribution in [3.8, 4) is 22.8 Å². The van der Waals surface area contributed by atoms with Crippen molar-refractivity contribution in [3.63, 3.8) is 0 Å². The van der Waals surface area contributed by atoms with Crippen molar-refractivity contribution in [2.24, 2.45) is 0 Å². The molecule has 1 saturated carbocycles. The Morgan fingerprint density at radius 3 is 2.60 bits per heavy atom. The number of pyridine rings is 1. The van der Waals surface area contributed by atoms with Crippen LogP contribution in [0.3, 0.4) is 0 Å². The van der Waals surface area contributed by atoms with Gasteiger partial charge in [-0.05, 0) is 74.4 Å². The van der Waals surface area contributed by atoms with Crippen LogP contribution < -0.4 is 4.74 Å². The number of benzene rings is 1. The highest BCUT2D eigenvalue weighted by atomic mass is 16.5. The normalized spacial score (nSPS) is 13.7. The van der Waals surface area contributed by atoms with Gasteiger partial charge in [0.2, 0.25) is 5.88 Å². The van der Waals surface area contributed by atoms with Gasteiger partial charge in [0, 0.05) is 17.3 Å². The second kappa shape index (κ2) is 6.28. The first kappa shape index (κ1) is 15.8. The second-order valence-corrected chi connectivity index (χ2v) is 6.74. The Bertz CT molecular complexity index is 912. The lowest BCUT2D eigenvalue weighted by molar-refractivity contribution is 0.456. The summed E-state index contributed by atoms with van der Waals surface area (Å²) in [5.74, 6) is 2.16. The van der Waals surface area contributed by atoms with Gasteiger partial charge in [-0.15, -0.1) is 0 Å². The molecular formula is C21H21N3O. The van der Waals surface area contributed by atoms with Crippen LogP contribution in [0.25, 0.3) is 11.1 Å². The maximum Gasteiger partial charge on any atom is 0.222 e. The zero-order valence-corrected chi connectivity index (χ0v) is 14.8. The fourth-order valence-corrected chi connectivity index (χ4v) is 3.29. The van der Waals surface area contributed by atoms with Gasteiger partial charge in [0.05, 0.1) is 11.9 Å². The van der Waals surface area contributed by atoms with Crippen LogP contribution in [0.15, 0.2) is 42.7 Å². The predicted octanol–water partition coefficient (Wildman–Crippen LogP) is 5.13. The molecule has 0 N–H and O–H groups in total. The molecule has 2 heterocycles. The van der Waals surface area contributed by atoms with Crippen molar-refractivity contribution in [1.29, 1.82) is 0 Å². The van der Waals surface area contributed by atoms with E-state index in [0.29, 0.717) is 5.92 Å². The van der Waals surface area contributed by atoms with Crippen LogP contribution in [0, 0.1) is 20.8 Å². The summed E-state index contributed by atoms with van der Waals surface area (Å²) >= 11 is 0. The second-order valence-electron chi connectivity index (χ2n) is 6.74. The molecule has 0 atom stereocenters. The Hall–Kier alpha value is -2.75. The predicted molar refractivity (Wildman–Crippen MR) is 98.0 cm³/mol. The first-order valence-electron chi connectivity index (χ1n) is 8.66. The highest BCUT2D eigenvalue weighted by molar-refractivity contribution is 5.72. The molecule has 1 aliphatic carbocycles. The molecule has 1 aromatic carbocycles. The van der Waals surface area contributed by atoms with E-state index in [-0.39, 0.29) is 0 Å². The summed E-state index contributed by atoms with van der Waals surface area (Å²) in [5.41, 5.74) is 6.76. The van der Waals surface area contributed by atoms with Gasteiger partial charge in [0.15, 0.2) is 0 Å². The number of rotatable bonds is 4. The average molecular weight is 331 g/mol. The Labute approximate surface area is 147 Å². The zero-order chi connectivity index (χ0) is 17.4. The fourth-order valence-electron chi connectivity index (χ4n) is 3.29. The molecule has 0 radical (unpaired) electrons. The van der Waals surface area contributed by atoms with Gasteiger partial charge >= 0.3 is 0 Å². The molecule has 3 aromatic rings. The third-order valence-corrected chi connectivity index (χ3v) is 4.71. The maximum absolute atomic E-state index is 6.10. The SMILES string of the molecule is Cc1cc(Oc2ncccc2C2CC2)ccc1-c1c(C)cnnc1C. The van der Waals surface area contributed by atoms with Gasteiger partial charge in [-0.3, -0.25) is 0 Å². The zero-order valence-electron chi connectivity index (χ0n) is 14.8. The van der Waals surface area contributed by atoms with Crippen molar-refractivity contribution >= 4 is 0 Å². The Balaban J connectivity index is 1.67. The highest BCUT2D eigenvalue weighted by Gasteiger charge is 2.27. The van der Waals surface area contributed by atoms with Gasteiger partial charge in [-0.25, -0.2) is 4.98 Å². The molecule has 126 valence electrons. The smallest absolute Gasteiger partial charge is 0.222 e. The monoisotopic (exact) mass is 331 g/mol. The molecule has 0 bridgehead atoms. The van der Waals surface area contributed by atoms with E-state index < -0.39 is 0 Å². The molecule has 1 aliphatic rings. The van der Waals surface area contributed by atoms with E-state index >= 15 is 0 Å². The molecule has 1 fully saturated rings. The summed E-state index contributed by atoms with van der Waals surface area (Å²) in [6.45, 7) is 6.16.